The Hall–Kier alpha value is -2.13. The molecule has 0 radical (unpaired) electrons. The third-order valence-electron chi connectivity index (χ3n) is 2.76. The van der Waals surface area contributed by atoms with Crippen molar-refractivity contribution in [3.05, 3.63) is 64.0 Å². The summed E-state index contributed by atoms with van der Waals surface area (Å²) in [5, 5.41) is 1.32. The van der Waals surface area contributed by atoms with E-state index in [9.17, 15) is 4.79 Å². The number of aromatic nitrogens is 2. The molecule has 1 heterocycles. The van der Waals surface area contributed by atoms with Crippen LogP contribution in [0.4, 0.5) is 0 Å². The third-order valence-corrected chi connectivity index (χ3v) is 3.07. The van der Waals surface area contributed by atoms with Gasteiger partial charge >= 0.3 is 5.69 Å². The van der Waals surface area contributed by atoms with Crippen LogP contribution in [0.5, 0.6) is 0 Å². The highest BCUT2D eigenvalue weighted by atomic mass is 35.5. The fourth-order valence-electron chi connectivity index (χ4n) is 1.97. The van der Waals surface area contributed by atoms with Crippen molar-refractivity contribution >= 4 is 22.5 Å². The number of nitrogens with one attached hydrogen (secondary N) is 1. The monoisotopic (exact) mass is 256 g/mol. The van der Waals surface area contributed by atoms with E-state index in [2.05, 4.69) is 9.97 Å². The lowest BCUT2D eigenvalue weighted by Gasteiger charge is -2.06. The lowest BCUT2D eigenvalue weighted by molar-refractivity contribution is 1.12. The summed E-state index contributed by atoms with van der Waals surface area (Å²) in [5.41, 5.74) is 1.81. The Morgan fingerprint density at radius 2 is 1.78 bits per heavy atom. The first kappa shape index (κ1) is 11.0. The fraction of sp³-hybridized carbons (Fsp3) is 0. The second kappa shape index (κ2) is 4.27. The zero-order valence-corrected chi connectivity index (χ0v) is 10.1. The van der Waals surface area contributed by atoms with Gasteiger partial charge in [0.15, 0.2) is 0 Å². The molecule has 0 fully saturated rings. The molecule has 1 aromatic heterocycles. The lowest BCUT2D eigenvalue weighted by Crippen LogP contribution is -2.11. The number of nitrogens with zero attached hydrogens (tertiary/aromatic N) is 1. The molecular weight excluding hydrogens is 248 g/mol. The van der Waals surface area contributed by atoms with Crippen molar-refractivity contribution in [1.82, 2.24) is 9.97 Å². The van der Waals surface area contributed by atoms with Crippen molar-refractivity contribution in [2.45, 2.75) is 0 Å². The van der Waals surface area contributed by atoms with E-state index in [1.54, 1.807) is 6.07 Å². The van der Waals surface area contributed by atoms with E-state index in [1.807, 2.05) is 42.5 Å². The molecule has 88 valence electrons. The minimum Gasteiger partial charge on any atom is -0.305 e. The van der Waals surface area contributed by atoms with Crippen LogP contribution in [-0.2, 0) is 0 Å². The number of hydrogen-bond acceptors (Lipinski definition) is 2. The Morgan fingerprint density at radius 3 is 2.56 bits per heavy atom. The number of aromatic amines is 1. The average molecular weight is 257 g/mol. The van der Waals surface area contributed by atoms with Gasteiger partial charge in [-0.05, 0) is 11.6 Å². The predicted molar refractivity (Wildman–Crippen MR) is 72.8 cm³/mol. The van der Waals surface area contributed by atoms with Gasteiger partial charge in [-0.3, -0.25) is 0 Å². The summed E-state index contributed by atoms with van der Waals surface area (Å²) >= 11 is 6.07. The van der Waals surface area contributed by atoms with Crippen LogP contribution in [0.3, 0.4) is 0 Å². The number of rotatable bonds is 1. The minimum absolute atomic E-state index is 0.394. The van der Waals surface area contributed by atoms with Crippen LogP contribution < -0.4 is 5.69 Å². The van der Waals surface area contributed by atoms with E-state index in [1.165, 1.54) is 0 Å². The molecule has 0 saturated heterocycles. The second-order valence-corrected chi connectivity index (χ2v) is 4.33. The summed E-state index contributed by atoms with van der Waals surface area (Å²) in [5.74, 6) is 0. The molecule has 4 heteroatoms. The molecule has 3 aromatic rings. The molecule has 18 heavy (non-hydrogen) atoms. The van der Waals surface area contributed by atoms with Crippen LogP contribution in [0.2, 0.25) is 5.02 Å². The van der Waals surface area contributed by atoms with E-state index in [4.69, 9.17) is 11.6 Å². The third kappa shape index (κ3) is 1.79. The summed E-state index contributed by atoms with van der Waals surface area (Å²) in [6, 6.07) is 15.1. The Bertz CT molecular complexity index is 766. The molecule has 3 nitrogen and oxygen atoms in total. The topological polar surface area (TPSA) is 45.8 Å². The number of benzene rings is 2. The largest absolute Gasteiger partial charge is 0.346 e. The van der Waals surface area contributed by atoms with Crippen molar-refractivity contribution < 1.29 is 0 Å². The highest BCUT2D eigenvalue weighted by Gasteiger charge is 2.08. The van der Waals surface area contributed by atoms with E-state index in [-0.39, 0.29) is 0 Å². The van der Waals surface area contributed by atoms with Gasteiger partial charge in [0, 0.05) is 5.39 Å². The van der Waals surface area contributed by atoms with Gasteiger partial charge in [0.1, 0.15) is 0 Å². The van der Waals surface area contributed by atoms with Crippen molar-refractivity contribution in [3.63, 3.8) is 0 Å². The number of para-hydroxylation sites is 1. The van der Waals surface area contributed by atoms with Crippen LogP contribution in [-0.4, -0.2) is 9.97 Å². The molecule has 3 rings (SSSR count). The lowest BCUT2D eigenvalue weighted by atomic mass is 10.1. The normalized spacial score (nSPS) is 10.7. The van der Waals surface area contributed by atoms with Crippen molar-refractivity contribution in [2.75, 3.05) is 0 Å². The van der Waals surface area contributed by atoms with Gasteiger partial charge in [0.25, 0.3) is 0 Å². The molecule has 0 aliphatic heterocycles. The van der Waals surface area contributed by atoms with Gasteiger partial charge in [0.2, 0.25) is 0 Å². The number of hydrogen-bond donors (Lipinski definition) is 1. The second-order valence-electron chi connectivity index (χ2n) is 3.92. The molecule has 0 spiro atoms. The van der Waals surface area contributed by atoms with Crippen molar-refractivity contribution in [3.8, 4) is 11.3 Å². The summed E-state index contributed by atoms with van der Waals surface area (Å²) in [6.07, 6.45) is 0. The highest BCUT2D eigenvalue weighted by molar-refractivity contribution is 6.35. The zero-order valence-electron chi connectivity index (χ0n) is 9.35. The Balaban J connectivity index is 2.43. The quantitative estimate of drug-likeness (QED) is 0.726. The van der Waals surface area contributed by atoms with Crippen molar-refractivity contribution in [1.29, 1.82) is 0 Å². The first-order valence-electron chi connectivity index (χ1n) is 5.50. The van der Waals surface area contributed by atoms with Gasteiger partial charge in [-0.25, -0.2) is 4.79 Å². The SMILES string of the molecule is O=c1nc2c(Cl)cccc2c(-c2ccccc2)[nH]1. The Morgan fingerprint density at radius 1 is 1.00 bits per heavy atom. The average Bonchev–Trinajstić information content (AvgIpc) is 2.40. The molecule has 0 aliphatic carbocycles. The smallest absolute Gasteiger partial charge is 0.305 e. The van der Waals surface area contributed by atoms with E-state index in [0.717, 1.165) is 16.6 Å². The van der Waals surface area contributed by atoms with E-state index >= 15 is 0 Å². The molecule has 0 atom stereocenters. The minimum atomic E-state index is -0.394. The van der Waals surface area contributed by atoms with Crippen LogP contribution >= 0.6 is 11.6 Å². The summed E-state index contributed by atoms with van der Waals surface area (Å²) in [6.45, 7) is 0. The van der Waals surface area contributed by atoms with E-state index < -0.39 is 5.69 Å². The zero-order chi connectivity index (χ0) is 12.5. The Labute approximate surface area is 108 Å². The van der Waals surface area contributed by atoms with Gasteiger partial charge in [0.05, 0.1) is 16.2 Å². The summed E-state index contributed by atoms with van der Waals surface area (Å²) in [4.78, 5) is 18.3. The van der Waals surface area contributed by atoms with Gasteiger partial charge in [-0.2, -0.15) is 4.98 Å². The predicted octanol–water partition coefficient (Wildman–Crippen LogP) is 3.24. The maximum Gasteiger partial charge on any atom is 0.346 e. The first-order chi connectivity index (χ1) is 8.75. The fourth-order valence-corrected chi connectivity index (χ4v) is 2.18. The Kier molecular flexibility index (Phi) is 2.61. The molecule has 1 N–H and O–H groups in total. The van der Waals surface area contributed by atoms with Crippen LogP contribution in [0.1, 0.15) is 0 Å². The standard InChI is InChI=1S/C14H9ClN2O/c15-11-8-4-7-10-12(9-5-2-1-3-6-9)16-14(18)17-13(10)11/h1-8H,(H,16,17,18). The van der Waals surface area contributed by atoms with Crippen LogP contribution in [0.15, 0.2) is 53.3 Å². The van der Waals surface area contributed by atoms with Crippen LogP contribution in [0.25, 0.3) is 22.2 Å². The van der Waals surface area contributed by atoms with Gasteiger partial charge in [-0.15, -0.1) is 0 Å². The number of halogens is 1. The number of fused-ring (bicyclic) bond motifs is 1. The van der Waals surface area contributed by atoms with Crippen molar-refractivity contribution in [2.24, 2.45) is 0 Å². The van der Waals surface area contributed by atoms with Gasteiger partial charge < -0.3 is 4.98 Å². The maximum absolute atomic E-state index is 11.6. The van der Waals surface area contributed by atoms with Crippen LogP contribution in [0, 0.1) is 0 Å². The first-order valence-corrected chi connectivity index (χ1v) is 5.87. The molecule has 2 aromatic carbocycles. The maximum atomic E-state index is 11.6. The molecule has 0 amide bonds. The molecule has 0 aliphatic rings. The molecule has 0 bridgehead atoms. The summed E-state index contributed by atoms with van der Waals surface area (Å²) in [7, 11) is 0. The highest BCUT2D eigenvalue weighted by Crippen LogP contribution is 2.27. The molecule has 0 saturated carbocycles. The van der Waals surface area contributed by atoms with Gasteiger partial charge in [-0.1, -0.05) is 54.1 Å². The summed E-state index contributed by atoms with van der Waals surface area (Å²) < 4.78 is 0. The van der Waals surface area contributed by atoms with E-state index in [0.29, 0.717) is 10.5 Å². The number of H-pyrrole nitrogens is 1. The molecule has 0 unspecified atom stereocenters. The molecular formula is C14H9ClN2O.